The first-order valence-electron chi connectivity index (χ1n) is 6.37. The number of aliphatic hydroxyl groups excluding tert-OH is 1. The fraction of sp³-hybridized carbons (Fsp3) is 0.571. The van der Waals surface area contributed by atoms with Gasteiger partial charge in [0.25, 0.3) is 0 Å². The highest BCUT2D eigenvalue weighted by Crippen LogP contribution is 2.20. The third kappa shape index (κ3) is 3.71. The predicted molar refractivity (Wildman–Crippen MR) is 72.2 cm³/mol. The first kappa shape index (κ1) is 14.5. The largest absolute Gasteiger partial charge is 0.387 e. The minimum Gasteiger partial charge on any atom is -0.387 e. The summed E-state index contributed by atoms with van der Waals surface area (Å²) in [7, 11) is 0. The molecule has 0 radical (unpaired) electrons. The van der Waals surface area contributed by atoms with Crippen molar-refractivity contribution in [3.05, 3.63) is 24.0 Å². The molecule has 0 unspecified atom stereocenters. The molecule has 1 N–H and O–H groups in total. The van der Waals surface area contributed by atoms with Gasteiger partial charge in [-0.15, -0.1) is 0 Å². The smallest absolute Gasteiger partial charge is 0.0957 e. The number of nitriles is 1. The van der Waals surface area contributed by atoms with Gasteiger partial charge in [0, 0.05) is 12.6 Å². The minimum absolute atomic E-state index is 0.321. The van der Waals surface area contributed by atoms with Gasteiger partial charge in [-0.25, -0.2) is 0 Å². The summed E-state index contributed by atoms with van der Waals surface area (Å²) in [6.45, 7) is 6.80. The summed E-state index contributed by atoms with van der Waals surface area (Å²) in [4.78, 5) is 6.42. The van der Waals surface area contributed by atoms with E-state index < -0.39 is 6.10 Å². The van der Waals surface area contributed by atoms with Crippen LogP contribution in [0.5, 0.6) is 0 Å². The number of hydrogen-bond donors (Lipinski definition) is 1. The Bertz CT molecular complexity index is 394. The lowest BCUT2D eigenvalue weighted by atomic mass is 10.1. The first-order valence-corrected chi connectivity index (χ1v) is 6.37. The van der Waals surface area contributed by atoms with Crippen LogP contribution in [0.25, 0.3) is 0 Å². The Kier molecular flexibility index (Phi) is 5.60. The van der Waals surface area contributed by atoms with E-state index in [1.165, 1.54) is 0 Å². The van der Waals surface area contributed by atoms with Crippen molar-refractivity contribution in [2.45, 2.75) is 45.8 Å². The SMILES string of the molecule is CC[C@H](O)c1ccc(N(CCC#N)C(C)C)cn1. The lowest BCUT2D eigenvalue weighted by Crippen LogP contribution is -2.31. The zero-order chi connectivity index (χ0) is 13.5. The van der Waals surface area contributed by atoms with Crippen molar-refractivity contribution in [3.8, 4) is 6.07 Å². The lowest BCUT2D eigenvalue weighted by molar-refractivity contribution is 0.169. The second-order valence-electron chi connectivity index (χ2n) is 4.56. The molecule has 0 fully saturated rings. The van der Waals surface area contributed by atoms with E-state index in [0.29, 0.717) is 31.1 Å². The van der Waals surface area contributed by atoms with Crippen LogP contribution in [-0.4, -0.2) is 22.7 Å². The molecule has 18 heavy (non-hydrogen) atoms. The standard InChI is InChI=1S/C14H21N3O/c1-4-14(18)13-7-6-12(10-16-13)17(11(2)3)9-5-8-15/h6-7,10-11,14,18H,4-5,9H2,1-3H3/t14-/m0/s1. The summed E-state index contributed by atoms with van der Waals surface area (Å²) in [6, 6.07) is 6.29. The molecule has 1 aromatic heterocycles. The summed E-state index contributed by atoms with van der Waals surface area (Å²) in [6.07, 6.45) is 2.43. The van der Waals surface area contributed by atoms with Crippen molar-refractivity contribution in [1.29, 1.82) is 5.26 Å². The Morgan fingerprint density at radius 3 is 2.61 bits per heavy atom. The molecule has 0 saturated carbocycles. The van der Waals surface area contributed by atoms with Crippen molar-refractivity contribution in [2.24, 2.45) is 0 Å². The monoisotopic (exact) mass is 247 g/mol. The molecule has 0 aliphatic carbocycles. The van der Waals surface area contributed by atoms with E-state index >= 15 is 0 Å². The molecule has 1 aromatic rings. The van der Waals surface area contributed by atoms with Gasteiger partial charge in [0.2, 0.25) is 0 Å². The molecule has 0 spiro atoms. The average molecular weight is 247 g/mol. The van der Waals surface area contributed by atoms with Crippen LogP contribution in [-0.2, 0) is 0 Å². The maximum Gasteiger partial charge on any atom is 0.0957 e. The van der Waals surface area contributed by atoms with Gasteiger partial charge in [0.1, 0.15) is 0 Å². The van der Waals surface area contributed by atoms with Gasteiger partial charge >= 0.3 is 0 Å². The van der Waals surface area contributed by atoms with Gasteiger partial charge < -0.3 is 10.0 Å². The molecule has 0 saturated heterocycles. The summed E-state index contributed by atoms with van der Waals surface area (Å²) >= 11 is 0. The Morgan fingerprint density at radius 2 is 2.17 bits per heavy atom. The van der Waals surface area contributed by atoms with Gasteiger partial charge in [0.15, 0.2) is 0 Å². The van der Waals surface area contributed by atoms with Crippen molar-refractivity contribution in [3.63, 3.8) is 0 Å². The minimum atomic E-state index is -0.495. The summed E-state index contributed by atoms with van der Waals surface area (Å²) in [5.41, 5.74) is 1.69. The Hall–Kier alpha value is -1.60. The van der Waals surface area contributed by atoms with Crippen LogP contribution in [0.4, 0.5) is 5.69 Å². The van der Waals surface area contributed by atoms with E-state index in [1.807, 2.05) is 19.1 Å². The number of anilines is 1. The highest BCUT2D eigenvalue weighted by Gasteiger charge is 2.12. The number of pyridine rings is 1. The average Bonchev–Trinajstić information content (AvgIpc) is 2.38. The van der Waals surface area contributed by atoms with E-state index in [-0.39, 0.29) is 0 Å². The third-order valence-electron chi connectivity index (χ3n) is 2.92. The Morgan fingerprint density at radius 1 is 1.44 bits per heavy atom. The van der Waals surface area contributed by atoms with E-state index in [4.69, 9.17) is 5.26 Å². The molecule has 98 valence electrons. The summed E-state index contributed by atoms with van der Waals surface area (Å²) in [5.74, 6) is 0. The van der Waals surface area contributed by atoms with Crippen LogP contribution in [0.15, 0.2) is 18.3 Å². The predicted octanol–water partition coefficient (Wildman–Crippen LogP) is 2.65. The van der Waals surface area contributed by atoms with Crippen molar-refractivity contribution in [2.75, 3.05) is 11.4 Å². The highest BCUT2D eigenvalue weighted by molar-refractivity contribution is 5.45. The maximum absolute atomic E-state index is 9.69. The number of aliphatic hydroxyl groups is 1. The third-order valence-corrected chi connectivity index (χ3v) is 2.92. The van der Waals surface area contributed by atoms with Gasteiger partial charge in [-0.2, -0.15) is 5.26 Å². The Balaban J connectivity index is 2.84. The number of hydrogen-bond acceptors (Lipinski definition) is 4. The molecular formula is C14H21N3O. The molecule has 0 amide bonds. The molecule has 0 aliphatic rings. The van der Waals surface area contributed by atoms with Crippen LogP contribution in [0.3, 0.4) is 0 Å². The van der Waals surface area contributed by atoms with E-state index in [9.17, 15) is 5.11 Å². The van der Waals surface area contributed by atoms with Crippen LogP contribution < -0.4 is 4.90 Å². The van der Waals surface area contributed by atoms with E-state index in [1.54, 1.807) is 6.20 Å². The summed E-state index contributed by atoms with van der Waals surface area (Å²) < 4.78 is 0. The van der Waals surface area contributed by atoms with Gasteiger partial charge in [-0.1, -0.05) is 6.92 Å². The molecule has 4 nitrogen and oxygen atoms in total. The molecule has 4 heteroatoms. The molecular weight excluding hydrogens is 226 g/mol. The van der Waals surface area contributed by atoms with E-state index in [2.05, 4.69) is 29.8 Å². The van der Waals surface area contributed by atoms with Crippen LogP contribution in [0.1, 0.15) is 45.4 Å². The van der Waals surface area contributed by atoms with Gasteiger partial charge in [-0.3, -0.25) is 4.98 Å². The molecule has 0 bridgehead atoms. The lowest BCUT2D eigenvalue weighted by Gasteiger charge is -2.28. The van der Waals surface area contributed by atoms with Gasteiger partial charge in [-0.05, 0) is 32.4 Å². The first-order chi connectivity index (χ1) is 8.60. The second kappa shape index (κ2) is 6.97. The fourth-order valence-corrected chi connectivity index (χ4v) is 1.83. The van der Waals surface area contributed by atoms with Crippen LogP contribution >= 0.6 is 0 Å². The number of nitrogens with zero attached hydrogens (tertiary/aromatic N) is 3. The van der Waals surface area contributed by atoms with Crippen LogP contribution in [0.2, 0.25) is 0 Å². The van der Waals surface area contributed by atoms with Crippen molar-refractivity contribution < 1.29 is 5.11 Å². The molecule has 1 rings (SSSR count). The number of aromatic nitrogens is 1. The highest BCUT2D eigenvalue weighted by atomic mass is 16.3. The molecule has 1 atom stereocenters. The molecule has 1 heterocycles. The normalized spacial score (nSPS) is 12.2. The summed E-state index contributed by atoms with van der Waals surface area (Å²) in [5, 5.41) is 18.4. The number of rotatable bonds is 6. The van der Waals surface area contributed by atoms with Crippen molar-refractivity contribution >= 4 is 5.69 Å². The molecule has 0 aromatic carbocycles. The molecule has 0 aliphatic heterocycles. The zero-order valence-corrected chi connectivity index (χ0v) is 11.3. The Labute approximate surface area is 109 Å². The fourth-order valence-electron chi connectivity index (χ4n) is 1.83. The van der Waals surface area contributed by atoms with E-state index in [0.717, 1.165) is 5.69 Å². The maximum atomic E-state index is 9.69. The topological polar surface area (TPSA) is 60.1 Å². The van der Waals surface area contributed by atoms with Crippen LogP contribution in [0, 0.1) is 11.3 Å². The second-order valence-corrected chi connectivity index (χ2v) is 4.56. The van der Waals surface area contributed by atoms with Gasteiger partial charge in [0.05, 0.1) is 36.2 Å². The zero-order valence-electron chi connectivity index (χ0n) is 11.3. The quantitative estimate of drug-likeness (QED) is 0.839. The van der Waals surface area contributed by atoms with Crippen molar-refractivity contribution in [1.82, 2.24) is 4.98 Å².